The first-order valence-electron chi connectivity index (χ1n) is 6.97. The zero-order valence-electron chi connectivity index (χ0n) is 12.7. The lowest BCUT2D eigenvalue weighted by atomic mass is 9.96. The summed E-state index contributed by atoms with van der Waals surface area (Å²) in [5.41, 5.74) is 5.48. The average Bonchev–Trinajstić information content (AvgIpc) is 2.47. The molecule has 1 rings (SSSR count). The second-order valence-corrected chi connectivity index (χ2v) is 5.59. The van der Waals surface area contributed by atoms with Gasteiger partial charge in [0, 0.05) is 24.8 Å². The fraction of sp³-hybridized carbons (Fsp3) is 0.533. The van der Waals surface area contributed by atoms with E-state index >= 15 is 0 Å². The van der Waals surface area contributed by atoms with Crippen LogP contribution in [0.25, 0.3) is 0 Å². The van der Waals surface area contributed by atoms with Gasteiger partial charge < -0.3 is 11.1 Å². The SMILES string of the molecule is CC(CC(=O)NCC(CN)CCl)c1ccc(C(F)(F)F)cc1.Cl. The second kappa shape index (κ2) is 10.0. The maximum atomic E-state index is 12.5. The zero-order valence-corrected chi connectivity index (χ0v) is 14.3. The van der Waals surface area contributed by atoms with E-state index in [4.69, 9.17) is 17.3 Å². The minimum Gasteiger partial charge on any atom is -0.356 e. The number of amides is 1. The molecule has 8 heteroatoms. The molecule has 0 heterocycles. The molecule has 23 heavy (non-hydrogen) atoms. The summed E-state index contributed by atoms with van der Waals surface area (Å²) in [6.07, 6.45) is -4.15. The molecule has 3 N–H and O–H groups in total. The summed E-state index contributed by atoms with van der Waals surface area (Å²) in [6.45, 7) is 2.58. The van der Waals surface area contributed by atoms with Crippen molar-refractivity contribution in [2.24, 2.45) is 11.7 Å². The fourth-order valence-corrected chi connectivity index (χ4v) is 2.16. The van der Waals surface area contributed by atoms with Crippen LogP contribution in [0.1, 0.15) is 30.4 Å². The number of nitrogens with one attached hydrogen (secondary N) is 1. The van der Waals surface area contributed by atoms with Crippen LogP contribution in [0.2, 0.25) is 0 Å². The highest BCUT2D eigenvalue weighted by Crippen LogP contribution is 2.30. The molecule has 1 amide bonds. The van der Waals surface area contributed by atoms with Crippen molar-refractivity contribution in [2.45, 2.75) is 25.4 Å². The largest absolute Gasteiger partial charge is 0.416 e. The van der Waals surface area contributed by atoms with E-state index < -0.39 is 11.7 Å². The van der Waals surface area contributed by atoms with Crippen LogP contribution in [-0.4, -0.2) is 24.9 Å². The van der Waals surface area contributed by atoms with E-state index in [-0.39, 0.29) is 36.6 Å². The molecule has 0 saturated heterocycles. The zero-order chi connectivity index (χ0) is 16.8. The standard InChI is InChI=1S/C15H20ClF3N2O.ClH/c1-10(6-14(22)21-9-11(7-16)8-20)12-2-4-13(5-3-12)15(17,18)19;/h2-5,10-11H,6-9,20H2,1H3,(H,21,22);1H. The van der Waals surface area contributed by atoms with Gasteiger partial charge in [0.1, 0.15) is 0 Å². The molecule has 0 saturated carbocycles. The predicted octanol–water partition coefficient (Wildman–Crippen LogP) is 3.55. The minimum atomic E-state index is -4.35. The Bertz CT molecular complexity index is 477. The van der Waals surface area contributed by atoms with E-state index in [1.54, 1.807) is 6.92 Å². The third kappa shape index (κ3) is 7.42. The number of rotatable bonds is 7. The number of alkyl halides is 4. The van der Waals surface area contributed by atoms with Crippen LogP contribution in [0.15, 0.2) is 24.3 Å². The Morgan fingerprint density at radius 1 is 1.30 bits per heavy atom. The van der Waals surface area contributed by atoms with Crippen LogP contribution in [0.3, 0.4) is 0 Å². The van der Waals surface area contributed by atoms with Gasteiger partial charge in [0.15, 0.2) is 0 Å². The normalized spacial score (nSPS) is 13.8. The van der Waals surface area contributed by atoms with Gasteiger partial charge in [-0.1, -0.05) is 19.1 Å². The summed E-state index contributed by atoms with van der Waals surface area (Å²) in [5.74, 6) is 0.0446. The predicted molar refractivity (Wildman–Crippen MR) is 88.0 cm³/mol. The van der Waals surface area contributed by atoms with Gasteiger partial charge in [0.2, 0.25) is 5.91 Å². The number of carbonyl (C=O) groups excluding carboxylic acids is 1. The van der Waals surface area contributed by atoms with Crippen molar-refractivity contribution in [1.82, 2.24) is 5.32 Å². The molecule has 0 aliphatic rings. The molecule has 0 bridgehead atoms. The summed E-state index contributed by atoms with van der Waals surface area (Å²) >= 11 is 5.68. The van der Waals surface area contributed by atoms with Gasteiger partial charge in [-0.05, 0) is 30.2 Å². The monoisotopic (exact) mass is 372 g/mol. The molecule has 0 aliphatic carbocycles. The van der Waals surface area contributed by atoms with Crippen molar-refractivity contribution in [3.63, 3.8) is 0 Å². The lowest BCUT2D eigenvalue weighted by Gasteiger charge is -2.15. The van der Waals surface area contributed by atoms with Gasteiger partial charge in [0.05, 0.1) is 5.56 Å². The Morgan fingerprint density at radius 3 is 2.30 bits per heavy atom. The van der Waals surface area contributed by atoms with Gasteiger partial charge in [-0.25, -0.2) is 0 Å². The van der Waals surface area contributed by atoms with Crippen LogP contribution in [0, 0.1) is 5.92 Å². The van der Waals surface area contributed by atoms with E-state index in [9.17, 15) is 18.0 Å². The molecule has 2 atom stereocenters. The van der Waals surface area contributed by atoms with Crippen molar-refractivity contribution in [1.29, 1.82) is 0 Å². The molecular weight excluding hydrogens is 352 g/mol. The second-order valence-electron chi connectivity index (χ2n) is 5.29. The van der Waals surface area contributed by atoms with Crippen molar-refractivity contribution in [3.8, 4) is 0 Å². The van der Waals surface area contributed by atoms with Crippen molar-refractivity contribution in [2.75, 3.05) is 19.0 Å². The van der Waals surface area contributed by atoms with Gasteiger partial charge in [-0.15, -0.1) is 24.0 Å². The summed E-state index contributed by atoms with van der Waals surface area (Å²) in [6, 6.07) is 4.87. The van der Waals surface area contributed by atoms with Crippen LogP contribution in [-0.2, 0) is 11.0 Å². The summed E-state index contributed by atoms with van der Waals surface area (Å²) in [7, 11) is 0. The van der Waals surface area contributed by atoms with E-state index in [0.29, 0.717) is 24.5 Å². The molecular formula is C15H21Cl2F3N2O. The van der Waals surface area contributed by atoms with Gasteiger partial charge in [-0.3, -0.25) is 4.79 Å². The highest BCUT2D eigenvalue weighted by Gasteiger charge is 2.30. The molecule has 3 nitrogen and oxygen atoms in total. The first-order valence-corrected chi connectivity index (χ1v) is 7.51. The maximum absolute atomic E-state index is 12.5. The molecule has 2 unspecified atom stereocenters. The van der Waals surface area contributed by atoms with Gasteiger partial charge in [0.25, 0.3) is 0 Å². The summed E-state index contributed by atoms with van der Waals surface area (Å²) in [4.78, 5) is 11.8. The van der Waals surface area contributed by atoms with Gasteiger partial charge >= 0.3 is 6.18 Å². The van der Waals surface area contributed by atoms with Crippen LogP contribution in [0.5, 0.6) is 0 Å². The Labute approximate surface area is 145 Å². The lowest BCUT2D eigenvalue weighted by molar-refractivity contribution is -0.137. The van der Waals surface area contributed by atoms with Crippen LogP contribution in [0.4, 0.5) is 13.2 Å². The smallest absolute Gasteiger partial charge is 0.356 e. The first-order chi connectivity index (χ1) is 10.3. The number of halogens is 5. The van der Waals surface area contributed by atoms with E-state index in [2.05, 4.69) is 5.32 Å². The third-order valence-corrected chi connectivity index (χ3v) is 3.87. The van der Waals surface area contributed by atoms with Gasteiger partial charge in [-0.2, -0.15) is 13.2 Å². The number of hydrogen-bond acceptors (Lipinski definition) is 2. The molecule has 0 aromatic heterocycles. The molecule has 132 valence electrons. The highest BCUT2D eigenvalue weighted by atomic mass is 35.5. The molecule has 1 aromatic carbocycles. The minimum absolute atomic E-state index is 0. The third-order valence-electron chi connectivity index (χ3n) is 3.44. The van der Waals surface area contributed by atoms with Crippen molar-refractivity contribution >= 4 is 29.9 Å². The van der Waals surface area contributed by atoms with E-state index in [1.165, 1.54) is 12.1 Å². The Kier molecular flexibility index (Phi) is 9.58. The maximum Gasteiger partial charge on any atom is 0.416 e. The number of benzene rings is 1. The summed E-state index contributed by atoms with van der Waals surface area (Å²) in [5, 5.41) is 2.74. The Hall–Kier alpha value is -0.980. The summed E-state index contributed by atoms with van der Waals surface area (Å²) < 4.78 is 37.5. The Morgan fingerprint density at radius 2 is 1.87 bits per heavy atom. The Balaban J connectivity index is 0.00000484. The molecule has 0 fully saturated rings. The topological polar surface area (TPSA) is 55.1 Å². The molecule has 1 aromatic rings. The molecule has 0 aliphatic heterocycles. The number of nitrogens with two attached hydrogens (primary N) is 1. The van der Waals surface area contributed by atoms with Crippen LogP contribution >= 0.6 is 24.0 Å². The molecule has 0 spiro atoms. The number of hydrogen-bond donors (Lipinski definition) is 2. The van der Waals surface area contributed by atoms with Crippen molar-refractivity contribution in [3.05, 3.63) is 35.4 Å². The fourth-order valence-electron chi connectivity index (χ4n) is 1.93. The van der Waals surface area contributed by atoms with E-state index in [0.717, 1.165) is 12.1 Å². The highest BCUT2D eigenvalue weighted by molar-refractivity contribution is 6.18. The lowest BCUT2D eigenvalue weighted by Crippen LogP contribution is -2.34. The molecule has 0 radical (unpaired) electrons. The quantitative estimate of drug-likeness (QED) is 0.719. The number of carbonyl (C=O) groups is 1. The van der Waals surface area contributed by atoms with Crippen molar-refractivity contribution < 1.29 is 18.0 Å². The average molecular weight is 373 g/mol. The first kappa shape index (κ1) is 22.0. The van der Waals surface area contributed by atoms with E-state index in [1.807, 2.05) is 0 Å². The van der Waals surface area contributed by atoms with Crippen LogP contribution < -0.4 is 11.1 Å².